The van der Waals surface area contributed by atoms with Gasteiger partial charge in [0.05, 0.1) is 13.2 Å². The number of esters is 1. The fourth-order valence-electron chi connectivity index (χ4n) is 1.24. The summed E-state index contributed by atoms with van der Waals surface area (Å²) in [5.41, 5.74) is 1.00. The minimum atomic E-state index is -0.850. The molecule has 1 aromatic carbocycles. The van der Waals surface area contributed by atoms with Crippen molar-refractivity contribution in [3.8, 4) is 11.8 Å². The highest BCUT2D eigenvalue weighted by molar-refractivity contribution is 6.40. The van der Waals surface area contributed by atoms with Crippen LogP contribution in [0.2, 0.25) is 0 Å². The molecule has 1 rings (SSSR count). The molecule has 4 nitrogen and oxygen atoms in total. The molecule has 0 spiro atoms. The molecule has 0 aliphatic rings. The third-order valence-electron chi connectivity index (χ3n) is 2.08. The predicted octanol–water partition coefficient (Wildman–Crippen LogP) is 1.17. The fourth-order valence-corrected chi connectivity index (χ4v) is 1.24. The maximum absolute atomic E-state index is 11.6. The van der Waals surface area contributed by atoms with E-state index in [9.17, 15) is 9.59 Å². The summed E-state index contributed by atoms with van der Waals surface area (Å²) in [4.78, 5) is 22.8. The van der Waals surface area contributed by atoms with Gasteiger partial charge in [-0.1, -0.05) is 11.8 Å². The number of carbonyl (C=O) groups excluding carboxylic acids is 2. The van der Waals surface area contributed by atoms with E-state index in [1.54, 1.807) is 19.1 Å². The molecule has 0 heterocycles. The average molecular weight is 246 g/mol. The van der Waals surface area contributed by atoms with Crippen molar-refractivity contribution in [2.75, 3.05) is 13.2 Å². The third kappa shape index (κ3) is 4.04. The van der Waals surface area contributed by atoms with Crippen LogP contribution in [-0.2, 0) is 9.53 Å². The zero-order chi connectivity index (χ0) is 13.4. The van der Waals surface area contributed by atoms with E-state index in [0.717, 1.165) is 5.56 Å². The number of Topliss-reactive ketones (excluding diaryl/α,β-unsaturated/α-hetero) is 1. The van der Waals surface area contributed by atoms with Crippen molar-refractivity contribution >= 4 is 11.8 Å². The van der Waals surface area contributed by atoms with E-state index in [4.69, 9.17) is 5.11 Å². The molecular weight excluding hydrogens is 232 g/mol. The summed E-state index contributed by atoms with van der Waals surface area (Å²) in [7, 11) is 0. The zero-order valence-electron chi connectivity index (χ0n) is 10.1. The van der Waals surface area contributed by atoms with Crippen molar-refractivity contribution in [1.29, 1.82) is 0 Å². The van der Waals surface area contributed by atoms with Gasteiger partial charge in [0.2, 0.25) is 0 Å². The van der Waals surface area contributed by atoms with Crippen molar-refractivity contribution in [1.82, 2.24) is 0 Å². The fraction of sp³-hybridized carbons (Fsp3) is 0.286. The largest absolute Gasteiger partial charge is 0.460 e. The minimum Gasteiger partial charge on any atom is -0.460 e. The maximum Gasteiger partial charge on any atom is 0.379 e. The molecule has 0 amide bonds. The van der Waals surface area contributed by atoms with E-state index >= 15 is 0 Å². The number of rotatable bonds is 4. The highest BCUT2D eigenvalue weighted by Gasteiger charge is 2.16. The molecule has 94 valence electrons. The number of ether oxygens (including phenoxy) is 1. The number of benzene rings is 1. The number of hydrogen-bond acceptors (Lipinski definition) is 4. The van der Waals surface area contributed by atoms with Crippen LogP contribution in [0.25, 0.3) is 0 Å². The Morgan fingerprint density at radius 2 is 1.94 bits per heavy atom. The number of carbonyl (C=O) groups is 2. The molecule has 0 atom stereocenters. The molecule has 0 fully saturated rings. The summed E-state index contributed by atoms with van der Waals surface area (Å²) in [6, 6.07) is 6.36. The number of aliphatic hydroxyl groups is 1. The Balaban J connectivity index is 2.74. The molecule has 0 unspecified atom stereocenters. The number of hydrogen-bond donors (Lipinski definition) is 1. The summed E-state index contributed by atoms with van der Waals surface area (Å²) in [6.07, 6.45) is 0.406. The quantitative estimate of drug-likeness (QED) is 0.375. The van der Waals surface area contributed by atoms with Gasteiger partial charge in [0, 0.05) is 17.5 Å². The summed E-state index contributed by atoms with van der Waals surface area (Å²) in [5, 5.41) is 8.57. The summed E-state index contributed by atoms with van der Waals surface area (Å²) in [6.45, 7) is 1.84. The SMILES string of the molecule is CCOC(=O)C(=O)c1ccc(C#CCCO)cc1. The van der Waals surface area contributed by atoms with Crippen molar-refractivity contribution in [2.24, 2.45) is 0 Å². The molecular formula is C14H14O4. The highest BCUT2D eigenvalue weighted by atomic mass is 16.5. The second-order valence-electron chi connectivity index (χ2n) is 3.40. The smallest absolute Gasteiger partial charge is 0.379 e. The van der Waals surface area contributed by atoms with Gasteiger partial charge in [0.15, 0.2) is 0 Å². The first kappa shape index (κ1) is 13.9. The molecule has 1 aromatic rings. The van der Waals surface area contributed by atoms with Crippen LogP contribution >= 0.6 is 0 Å². The van der Waals surface area contributed by atoms with E-state index in [1.807, 2.05) is 0 Å². The van der Waals surface area contributed by atoms with Gasteiger partial charge in [0.1, 0.15) is 0 Å². The van der Waals surface area contributed by atoms with Crippen molar-refractivity contribution in [3.63, 3.8) is 0 Å². The lowest BCUT2D eigenvalue weighted by molar-refractivity contribution is -0.137. The first-order valence-corrected chi connectivity index (χ1v) is 5.60. The number of ketones is 1. The Bertz CT molecular complexity index is 477. The molecule has 0 radical (unpaired) electrons. The minimum absolute atomic E-state index is 0.0203. The Labute approximate surface area is 106 Å². The first-order valence-electron chi connectivity index (χ1n) is 5.60. The van der Waals surface area contributed by atoms with Gasteiger partial charge in [-0.3, -0.25) is 4.79 Å². The monoisotopic (exact) mass is 246 g/mol. The molecule has 18 heavy (non-hydrogen) atoms. The van der Waals surface area contributed by atoms with E-state index in [-0.39, 0.29) is 18.8 Å². The van der Waals surface area contributed by atoms with Crippen molar-refractivity contribution in [2.45, 2.75) is 13.3 Å². The first-order chi connectivity index (χ1) is 8.69. The van der Waals surface area contributed by atoms with Crippen LogP contribution in [-0.4, -0.2) is 30.1 Å². The highest BCUT2D eigenvalue weighted by Crippen LogP contribution is 2.05. The lowest BCUT2D eigenvalue weighted by atomic mass is 10.1. The van der Waals surface area contributed by atoms with Crippen LogP contribution in [0.5, 0.6) is 0 Å². The molecule has 1 N–H and O–H groups in total. The van der Waals surface area contributed by atoms with Gasteiger partial charge < -0.3 is 9.84 Å². The Kier molecular flexibility index (Phi) is 5.62. The van der Waals surface area contributed by atoms with Gasteiger partial charge in [-0.15, -0.1) is 0 Å². The molecule has 0 aliphatic heterocycles. The van der Waals surface area contributed by atoms with E-state index in [1.165, 1.54) is 12.1 Å². The van der Waals surface area contributed by atoms with E-state index in [0.29, 0.717) is 6.42 Å². The van der Waals surface area contributed by atoms with Crippen molar-refractivity contribution < 1.29 is 19.4 Å². The standard InChI is InChI=1S/C14H14O4/c1-2-18-14(17)13(16)12-8-6-11(7-9-12)5-3-4-10-15/h6-9,15H,2,4,10H2,1H3. The van der Waals surface area contributed by atoms with Crippen LogP contribution in [0.15, 0.2) is 24.3 Å². The van der Waals surface area contributed by atoms with Gasteiger partial charge >= 0.3 is 5.97 Å². The second kappa shape index (κ2) is 7.25. The van der Waals surface area contributed by atoms with Gasteiger partial charge in [-0.05, 0) is 31.2 Å². The molecule has 0 saturated heterocycles. The maximum atomic E-state index is 11.6. The van der Waals surface area contributed by atoms with Gasteiger partial charge in [-0.2, -0.15) is 0 Å². The Hall–Kier alpha value is -2.12. The Morgan fingerprint density at radius 3 is 2.50 bits per heavy atom. The summed E-state index contributed by atoms with van der Waals surface area (Å²) >= 11 is 0. The number of aliphatic hydroxyl groups excluding tert-OH is 1. The lowest BCUT2D eigenvalue weighted by Crippen LogP contribution is -2.17. The zero-order valence-corrected chi connectivity index (χ0v) is 10.1. The van der Waals surface area contributed by atoms with E-state index in [2.05, 4.69) is 16.6 Å². The molecule has 0 bridgehead atoms. The van der Waals surface area contributed by atoms with Crippen LogP contribution in [0.3, 0.4) is 0 Å². The summed E-state index contributed by atoms with van der Waals surface area (Å²) in [5.74, 6) is 4.08. The average Bonchev–Trinajstić information content (AvgIpc) is 2.39. The molecule has 4 heteroatoms. The van der Waals surface area contributed by atoms with Crippen molar-refractivity contribution in [3.05, 3.63) is 35.4 Å². The van der Waals surface area contributed by atoms with Crippen LogP contribution < -0.4 is 0 Å². The van der Waals surface area contributed by atoms with Gasteiger partial charge in [0.25, 0.3) is 5.78 Å². The molecule has 0 aliphatic carbocycles. The molecule has 0 saturated carbocycles. The van der Waals surface area contributed by atoms with Crippen LogP contribution in [0.1, 0.15) is 29.3 Å². The molecule has 0 aromatic heterocycles. The van der Waals surface area contributed by atoms with Crippen LogP contribution in [0.4, 0.5) is 0 Å². The lowest BCUT2D eigenvalue weighted by Gasteiger charge is -2.00. The predicted molar refractivity (Wildman–Crippen MR) is 66.0 cm³/mol. The normalized spacial score (nSPS) is 9.22. The summed E-state index contributed by atoms with van der Waals surface area (Å²) < 4.78 is 4.62. The topological polar surface area (TPSA) is 63.6 Å². The third-order valence-corrected chi connectivity index (χ3v) is 2.08. The van der Waals surface area contributed by atoms with E-state index < -0.39 is 11.8 Å². The second-order valence-corrected chi connectivity index (χ2v) is 3.40. The van der Waals surface area contributed by atoms with Crippen LogP contribution in [0, 0.1) is 11.8 Å². The Morgan fingerprint density at radius 1 is 1.28 bits per heavy atom. The van der Waals surface area contributed by atoms with Gasteiger partial charge in [-0.25, -0.2) is 4.79 Å².